The highest BCUT2D eigenvalue weighted by molar-refractivity contribution is 7.23. The van der Waals surface area contributed by atoms with Crippen molar-refractivity contribution in [1.29, 1.82) is 0 Å². The van der Waals surface area contributed by atoms with E-state index in [4.69, 9.17) is 0 Å². The van der Waals surface area contributed by atoms with E-state index in [0.29, 0.717) is 10.7 Å². The van der Waals surface area contributed by atoms with Crippen LogP contribution in [-0.4, -0.2) is 19.6 Å². The van der Waals surface area contributed by atoms with E-state index in [1.807, 2.05) is 41.8 Å². The van der Waals surface area contributed by atoms with Gasteiger partial charge in [0.25, 0.3) is 5.56 Å². The first-order valence-corrected chi connectivity index (χ1v) is 8.52. The van der Waals surface area contributed by atoms with Gasteiger partial charge in [0.1, 0.15) is 0 Å². The van der Waals surface area contributed by atoms with Crippen LogP contribution in [0.15, 0.2) is 52.9 Å². The van der Waals surface area contributed by atoms with Crippen molar-refractivity contribution in [2.24, 2.45) is 0 Å². The van der Waals surface area contributed by atoms with Crippen LogP contribution in [0.2, 0.25) is 0 Å². The molecule has 112 valence electrons. The van der Waals surface area contributed by atoms with Crippen molar-refractivity contribution in [3.8, 4) is 9.88 Å². The van der Waals surface area contributed by atoms with Crippen LogP contribution in [0.1, 0.15) is 11.3 Å². The summed E-state index contributed by atoms with van der Waals surface area (Å²) >= 11 is 3.00. The van der Waals surface area contributed by atoms with Crippen molar-refractivity contribution in [2.75, 3.05) is 0 Å². The van der Waals surface area contributed by atoms with Crippen LogP contribution in [0.5, 0.6) is 0 Å². The molecule has 0 radical (unpaired) electrons. The van der Waals surface area contributed by atoms with E-state index in [9.17, 15) is 4.79 Å². The molecule has 4 rings (SSSR count). The van der Waals surface area contributed by atoms with Gasteiger partial charge in [-0.3, -0.25) is 9.78 Å². The van der Waals surface area contributed by atoms with Gasteiger partial charge in [0.05, 0.1) is 10.6 Å². The third-order valence-corrected chi connectivity index (χ3v) is 5.08. The van der Waals surface area contributed by atoms with E-state index < -0.39 is 0 Å². The summed E-state index contributed by atoms with van der Waals surface area (Å²) in [4.78, 5) is 22.4. The molecule has 5 nitrogen and oxygen atoms in total. The van der Waals surface area contributed by atoms with Gasteiger partial charge in [-0.05, 0) is 29.2 Å². The molecule has 0 aliphatic carbocycles. The molecule has 0 N–H and O–H groups in total. The molecule has 0 aromatic carbocycles. The molecule has 4 aromatic rings. The predicted octanol–water partition coefficient (Wildman–Crippen LogP) is 3.44. The van der Waals surface area contributed by atoms with Gasteiger partial charge < -0.3 is 0 Å². The molecule has 0 saturated heterocycles. The van der Waals surface area contributed by atoms with Crippen molar-refractivity contribution < 1.29 is 0 Å². The van der Waals surface area contributed by atoms with E-state index >= 15 is 0 Å². The summed E-state index contributed by atoms with van der Waals surface area (Å²) < 4.78 is 1.35. The Morgan fingerprint density at radius 2 is 2.13 bits per heavy atom. The fourth-order valence-corrected chi connectivity index (χ4v) is 3.77. The summed E-state index contributed by atoms with van der Waals surface area (Å²) in [5.41, 5.74) is 1.39. The van der Waals surface area contributed by atoms with Crippen molar-refractivity contribution in [3.63, 3.8) is 0 Å². The minimum absolute atomic E-state index is 0.181. The zero-order valence-electron chi connectivity index (χ0n) is 11.8. The fraction of sp³-hybridized carbons (Fsp3) is 0. The van der Waals surface area contributed by atoms with Gasteiger partial charge in [-0.1, -0.05) is 29.5 Å². The summed E-state index contributed by atoms with van der Waals surface area (Å²) in [7, 11) is 0. The van der Waals surface area contributed by atoms with Crippen molar-refractivity contribution in [2.45, 2.75) is 0 Å². The highest BCUT2D eigenvalue weighted by Crippen LogP contribution is 2.28. The van der Waals surface area contributed by atoms with E-state index in [0.717, 1.165) is 15.4 Å². The van der Waals surface area contributed by atoms with Gasteiger partial charge in [-0.2, -0.15) is 9.61 Å². The van der Waals surface area contributed by atoms with Crippen LogP contribution in [0.4, 0.5) is 0 Å². The van der Waals surface area contributed by atoms with Crippen molar-refractivity contribution in [3.05, 3.63) is 69.7 Å². The van der Waals surface area contributed by atoms with Gasteiger partial charge in [0.2, 0.25) is 4.96 Å². The lowest BCUT2D eigenvalue weighted by Gasteiger charge is -1.94. The van der Waals surface area contributed by atoms with Gasteiger partial charge in [0, 0.05) is 18.5 Å². The maximum absolute atomic E-state index is 12.2. The molecular weight excluding hydrogens is 328 g/mol. The van der Waals surface area contributed by atoms with Crippen LogP contribution in [0.25, 0.3) is 27.0 Å². The number of nitrogens with zero attached hydrogens (tertiary/aromatic N) is 4. The number of hydrogen-bond donors (Lipinski definition) is 0. The molecule has 7 heteroatoms. The third-order valence-electron chi connectivity index (χ3n) is 3.13. The third kappa shape index (κ3) is 2.84. The molecule has 0 atom stereocenters. The summed E-state index contributed by atoms with van der Waals surface area (Å²) in [6.07, 6.45) is 7.16. The average Bonchev–Trinajstić information content (AvgIpc) is 3.23. The Morgan fingerprint density at radius 3 is 2.91 bits per heavy atom. The lowest BCUT2D eigenvalue weighted by atomic mass is 10.2. The number of pyridine rings is 1. The Balaban J connectivity index is 1.75. The molecule has 0 saturated carbocycles. The molecule has 0 aliphatic heterocycles. The van der Waals surface area contributed by atoms with Crippen LogP contribution < -0.4 is 5.56 Å². The SMILES string of the molecule is O=c1cc(C=Cc2cccnc2)nc2sc(-c3cccs3)nn12. The Labute approximate surface area is 139 Å². The molecule has 0 bridgehead atoms. The van der Waals surface area contributed by atoms with E-state index in [1.165, 1.54) is 21.9 Å². The second-order valence-corrected chi connectivity index (χ2v) is 6.62. The van der Waals surface area contributed by atoms with Crippen LogP contribution >= 0.6 is 22.7 Å². The largest absolute Gasteiger partial charge is 0.275 e. The van der Waals surface area contributed by atoms with Gasteiger partial charge >= 0.3 is 0 Å². The molecule has 4 aromatic heterocycles. The number of fused-ring (bicyclic) bond motifs is 1. The molecule has 0 spiro atoms. The molecule has 0 unspecified atom stereocenters. The predicted molar refractivity (Wildman–Crippen MR) is 93.6 cm³/mol. The van der Waals surface area contributed by atoms with Gasteiger partial charge in [0.15, 0.2) is 5.01 Å². The molecular formula is C16H10N4OS2. The van der Waals surface area contributed by atoms with E-state index in [1.54, 1.807) is 23.7 Å². The van der Waals surface area contributed by atoms with E-state index in [-0.39, 0.29) is 5.56 Å². The van der Waals surface area contributed by atoms with Crippen molar-refractivity contribution in [1.82, 2.24) is 19.6 Å². The number of thiophene rings is 1. The normalized spacial score (nSPS) is 11.5. The Bertz CT molecular complexity index is 1030. The standard InChI is InChI=1S/C16H10N4OS2/c21-14-9-12(6-5-11-3-1-7-17-10-11)18-16-20(14)19-15(23-16)13-4-2-8-22-13/h1-10H. The molecule has 0 fully saturated rings. The molecule has 0 aliphatic rings. The fourth-order valence-electron chi connectivity index (χ4n) is 2.07. The molecule has 23 heavy (non-hydrogen) atoms. The van der Waals surface area contributed by atoms with Crippen LogP contribution in [0, 0.1) is 0 Å². The topological polar surface area (TPSA) is 60.2 Å². The lowest BCUT2D eigenvalue weighted by molar-refractivity contribution is 0.902. The smallest absolute Gasteiger partial charge is 0.267 e. The van der Waals surface area contributed by atoms with Crippen LogP contribution in [0.3, 0.4) is 0 Å². The Kier molecular flexibility index (Phi) is 3.57. The quantitative estimate of drug-likeness (QED) is 0.574. The summed E-state index contributed by atoms with van der Waals surface area (Å²) in [5.74, 6) is 0. The minimum Gasteiger partial charge on any atom is -0.267 e. The zero-order valence-corrected chi connectivity index (χ0v) is 13.4. The van der Waals surface area contributed by atoms with E-state index in [2.05, 4.69) is 15.1 Å². The van der Waals surface area contributed by atoms with Gasteiger partial charge in [-0.15, -0.1) is 11.3 Å². The zero-order chi connectivity index (χ0) is 15.6. The summed E-state index contributed by atoms with van der Waals surface area (Å²) in [6.45, 7) is 0. The maximum Gasteiger partial charge on any atom is 0.275 e. The summed E-state index contributed by atoms with van der Waals surface area (Å²) in [5, 5.41) is 7.14. The first kappa shape index (κ1) is 14.0. The Hall–Kier alpha value is -2.64. The number of aromatic nitrogens is 4. The lowest BCUT2D eigenvalue weighted by Crippen LogP contribution is -2.14. The maximum atomic E-state index is 12.2. The molecule has 0 amide bonds. The summed E-state index contributed by atoms with van der Waals surface area (Å²) in [6, 6.07) is 9.23. The number of rotatable bonds is 3. The minimum atomic E-state index is -0.181. The second kappa shape index (κ2) is 5.86. The Morgan fingerprint density at radius 1 is 1.17 bits per heavy atom. The second-order valence-electron chi connectivity index (χ2n) is 4.72. The van der Waals surface area contributed by atoms with Crippen LogP contribution in [-0.2, 0) is 0 Å². The highest BCUT2D eigenvalue weighted by Gasteiger charge is 2.10. The molecule has 4 heterocycles. The van der Waals surface area contributed by atoms with Crippen molar-refractivity contribution >= 4 is 39.8 Å². The van der Waals surface area contributed by atoms with Gasteiger partial charge in [-0.25, -0.2) is 4.98 Å². The monoisotopic (exact) mass is 338 g/mol. The first-order valence-electron chi connectivity index (χ1n) is 6.82. The first-order chi connectivity index (χ1) is 11.3. The number of hydrogen-bond acceptors (Lipinski definition) is 6. The highest BCUT2D eigenvalue weighted by atomic mass is 32.1. The average molecular weight is 338 g/mol.